The van der Waals surface area contributed by atoms with E-state index >= 15 is 0 Å². The molecule has 0 aliphatic carbocycles. The first-order valence-electron chi connectivity index (χ1n) is 7.89. The largest absolute Gasteiger partial charge is 0.481 e. The van der Waals surface area contributed by atoms with Crippen molar-refractivity contribution in [3.8, 4) is 17.6 Å². The molecule has 126 valence electrons. The highest BCUT2D eigenvalue weighted by Crippen LogP contribution is 2.22. The average molecular weight is 389 g/mol. The zero-order chi connectivity index (χ0) is 17.6. The summed E-state index contributed by atoms with van der Waals surface area (Å²) in [5, 5.41) is 3.91. The van der Waals surface area contributed by atoms with Crippen LogP contribution in [0.4, 0.5) is 0 Å². The fourth-order valence-corrected chi connectivity index (χ4v) is 2.57. The van der Waals surface area contributed by atoms with E-state index in [0.717, 1.165) is 27.5 Å². The van der Waals surface area contributed by atoms with Gasteiger partial charge in [-0.15, -0.1) is 0 Å². The molecule has 1 N–H and O–H groups in total. The van der Waals surface area contributed by atoms with Crippen LogP contribution in [0.1, 0.15) is 33.6 Å². The van der Waals surface area contributed by atoms with Gasteiger partial charge in [0.05, 0.1) is 11.1 Å². The molecule has 4 nitrogen and oxygen atoms in total. The number of rotatable bonds is 5. The van der Waals surface area contributed by atoms with Gasteiger partial charge in [0, 0.05) is 22.5 Å². The molecule has 0 aliphatic rings. The number of nitrogens with one attached hydrogen (secondary N) is 1. The second-order valence-corrected chi connectivity index (χ2v) is 6.94. The Kier molecular flexibility index (Phi) is 6.22. The van der Waals surface area contributed by atoms with Crippen molar-refractivity contribution in [2.75, 3.05) is 6.61 Å². The van der Waals surface area contributed by atoms with Crippen LogP contribution in [0.15, 0.2) is 34.9 Å². The number of nitrogens with zero attached hydrogens (tertiary/aromatic N) is 1. The summed E-state index contributed by atoms with van der Waals surface area (Å²) in [5.74, 6) is 6.77. The van der Waals surface area contributed by atoms with E-state index in [1.807, 2.05) is 45.0 Å². The molecular formula is C19H21BrN2O2. The van der Waals surface area contributed by atoms with Crippen LogP contribution in [-0.2, 0) is 4.79 Å². The number of aromatic nitrogens is 1. The summed E-state index contributed by atoms with van der Waals surface area (Å²) in [7, 11) is 0. The fourth-order valence-electron chi connectivity index (χ4n) is 2.22. The van der Waals surface area contributed by atoms with Gasteiger partial charge in [0.25, 0.3) is 0 Å². The number of halogens is 1. The number of ether oxygens (including phenoxy) is 1. The number of amides is 1. The molecule has 1 amide bonds. The van der Waals surface area contributed by atoms with Crippen LogP contribution >= 0.6 is 15.9 Å². The van der Waals surface area contributed by atoms with Gasteiger partial charge in [-0.05, 0) is 60.5 Å². The lowest BCUT2D eigenvalue weighted by Gasteiger charge is -2.19. The summed E-state index contributed by atoms with van der Waals surface area (Å²) < 4.78 is 6.60. The first kappa shape index (κ1) is 18.3. The highest BCUT2D eigenvalue weighted by Gasteiger charge is 2.16. The predicted molar refractivity (Wildman–Crippen MR) is 99.8 cm³/mol. The van der Waals surface area contributed by atoms with E-state index in [0.29, 0.717) is 6.42 Å². The van der Waals surface area contributed by atoms with Crippen LogP contribution in [0.2, 0.25) is 0 Å². The van der Waals surface area contributed by atoms with Gasteiger partial charge in [-0.2, -0.15) is 0 Å². The number of fused-ring (bicyclic) bond motifs is 1. The monoisotopic (exact) mass is 388 g/mol. The van der Waals surface area contributed by atoms with E-state index in [2.05, 4.69) is 38.1 Å². The third-order valence-corrected chi connectivity index (χ3v) is 3.69. The van der Waals surface area contributed by atoms with Crippen LogP contribution in [0, 0.1) is 11.8 Å². The van der Waals surface area contributed by atoms with Gasteiger partial charge < -0.3 is 10.1 Å². The molecule has 2 aromatic rings. The predicted octanol–water partition coefficient (Wildman–Crippen LogP) is 4.07. The minimum atomic E-state index is -0.562. The highest BCUT2D eigenvalue weighted by molar-refractivity contribution is 9.10. The first-order valence-corrected chi connectivity index (χ1v) is 8.68. The van der Waals surface area contributed by atoms with Gasteiger partial charge in [-0.25, -0.2) is 0 Å². The molecule has 0 spiro atoms. The average Bonchev–Trinajstić information content (AvgIpc) is 2.51. The van der Waals surface area contributed by atoms with E-state index in [1.165, 1.54) is 0 Å². The van der Waals surface area contributed by atoms with Crippen molar-refractivity contribution < 1.29 is 9.53 Å². The summed E-state index contributed by atoms with van der Waals surface area (Å²) in [6, 6.07) is 7.72. The quantitative estimate of drug-likeness (QED) is 0.785. The molecule has 0 aliphatic heterocycles. The van der Waals surface area contributed by atoms with Crippen molar-refractivity contribution in [2.24, 2.45) is 0 Å². The second-order valence-electron chi connectivity index (χ2n) is 6.02. The minimum absolute atomic E-state index is 0.0188. The van der Waals surface area contributed by atoms with Gasteiger partial charge >= 0.3 is 0 Å². The number of hydrogen-bond acceptors (Lipinski definition) is 3. The lowest BCUT2D eigenvalue weighted by Crippen LogP contribution is -2.42. The van der Waals surface area contributed by atoms with Crippen LogP contribution in [-0.4, -0.2) is 23.0 Å². The molecule has 0 saturated heterocycles. The summed E-state index contributed by atoms with van der Waals surface area (Å²) in [6.45, 7) is 6.00. The standard InChI is InChI=1S/C19H21BrN2O2/c1-4-6-18(23)22-19(2,3)9-5-10-24-16-7-8-17-14(12-16)11-15(20)13-21-17/h7-8,11-13H,4,6,10H2,1-3H3,(H,22,23). The van der Waals surface area contributed by atoms with Crippen molar-refractivity contribution in [1.29, 1.82) is 0 Å². The van der Waals surface area contributed by atoms with Gasteiger partial charge in [0.2, 0.25) is 5.91 Å². The Morgan fingerprint density at radius 3 is 2.92 bits per heavy atom. The third-order valence-electron chi connectivity index (χ3n) is 3.26. The Bertz CT molecular complexity index is 791. The zero-order valence-corrected chi connectivity index (χ0v) is 15.7. The molecule has 24 heavy (non-hydrogen) atoms. The number of carbonyl (C=O) groups is 1. The maximum absolute atomic E-state index is 11.6. The topological polar surface area (TPSA) is 51.2 Å². The van der Waals surface area contributed by atoms with Crippen molar-refractivity contribution in [2.45, 2.75) is 39.2 Å². The Labute approximate surface area is 151 Å². The number of carbonyl (C=O) groups excluding carboxylic acids is 1. The maximum Gasteiger partial charge on any atom is 0.221 e. The zero-order valence-electron chi connectivity index (χ0n) is 14.1. The van der Waals surface area contributed by atoms with E-state index in [-0.39, 0.29) is 12.5 Å². The fraction of sp³-hybridized carbons (Fsp3) is 0.368. The van der Waals surface area contributed by atoms with E-state index in [1.54, 1.807) is 6.20 Å². The van der Waals surface area contributed by atoms with Crippen LogP contribution < -0.4 is 10.1 Å². The number of hydrogen-bond donors (Lipinski definition) is 1. The number of pyridine rings is 1. The van der Waals surface area contributed by atoms with Gasteiger partial charge in [0.1, 0.15) is 12.4 Å². The maximum atomic E-state index is 11.6. The van der Waals surface area contributed by atoms with Gasteiger partial charge in [-0.1, -0.05) is 18.8 Å². The van der Waals surface area contributed by atoms with Crippen LogP contribution in [0.25, 0.3) is 10.9 Å². The van der Waals surface area contributed by atoms with Crippen LogP contribution in [0.5, 0.6) is 5.75 Å². The normalized spacial score (nSPS) is 10.8. The summed E-state index contributed by atoms with van der Waals surface area (Å²) in [4.78, 5) is 16.0. The van der Waals surface area contributed by atoms with Gasteiger partial charge in [0.15, 0.2) is 0 Å². The molecule has 0 radical (unpaired) electrons. The first-order chi connectivity index (χ1) is 11.4. The van der Waals surface area contributed by atoms with E-state index in [4.69, 9.17) is 4.74 Å². The third kappa shape index (κ3) is 5.54. The molecule has 1 heterocycles. The Balaban J connectivity index is 1.95. The minimum Gasteiger partial charge on any atom is -0.481 e. The Hall–Kier alpha value is -2.06. The van der Waals surface area contributed by atoms with Gasteiger partial charge in [-0.3, -0.25) is 9.78 Å². The molecule has 1 aromatic heterocycles. The lowest BCUT2D eigenvalue weighted by atomic mass is 10.1. The smallest absolute Gasteiger partial charge is 0.221 e. The van der Waals surface area contributed by atoms with E-state index in [9.17, 15) is 4.79 Å². The molecule has 0 bridgehead atoms. The Morgan fingerprint density at radius 1 is 1.38 bits per heavy atom. The molecule has 0 saturated carbocycles. The van der Waals surface area contributed by atoms with Crippen LogP contribution in [0.3, 0.4) is 0 Å². The summed E-state index contributed by atoms with van der Waals surface area (Å²) >= 11 is 3.41. The SMILES string of the molecule is CCCC(=O)NC(C)(C)C#CCOc1ccc2ncc(Br)cc2c1. The van der Waals surface area contributed by atoms with Crippen molar-refractivity contribution in [1.82, 2.24) is 10.3 Å². The van der Waals surface area contributed by atoms with E-state index < -0.39 is 5.54 Å². The van der Waals surface area contributed by atoms with Crippen molar-refractivity contribution in [3.63, 3.8) is 0 Å². The summed E-state index contributed by atoms with van der Waals surface area (Å²) in [5.41, 5.74) is 0.352. The molecule has 0 unspecified atom stereocenters. The van der Waals surface area contributed by atoms with Crippen molar-refractivity contribution >= 4 is 32.7 Å². The molecule has 0 atom stereocenters. The van der Waals surface area contributed by atoms with Crippen molar-refractivity contribution in [3.05, 3.63) is 34.9 Å². The Morgan fingerprint density at radius 2 is 2.17 bits per heavy atom. The number of benzene rings is 1. The molecule has 1 aromatic carbocycles. The molecule has 0 fully saturated rings. The lowest BCUT2D eigenvalue weighted by molar-refractivity contribution is -0.122. The second kappa shape index (κ2) is 8.16. The summed E-state index contributed by atoms with van der Waals surface area (Å²) in [6.07, 6.45) is 3.11. The molecule has 5 heteroatoms. The molecule has 2 rings (SSSR count). The molecular weight excluding hydrogens is 368 g/mol. The highest BCUT2D eigenvalue weighted by atomic mass is 79.9.